The van der Waals surface area contributed by atoms with E-state index in [1.54, 1.807) is 0 Å². The van der Waals surface area contributed by atoms with Crippen LogP contribution in [0.25, 0.3) is 5.69 Å². The third kappa shape index (κ3) is 4.15. The van der Waals surface area contributed by atoms with Crippen molar-refractivity contribution < 1.29 is 26.3 Å². The van der Waals surface area contributed by atoms with Gasteiger partial charge in [0.15, 0.2) is 0 Å². The number of benzene rings is 1. The van der Waals surface area contributed by atoms with Gasteiger partial charge in [-0.15, -0.1) is 5.10 Å². The molecule has 0 unspecified atom stereocenters. The molecule has 0 bridgehead atoms. The first-order valence-electron chi connectivity index (χ1n) is 5.43. The van der Waals surface area contributed by atoms with Crippen molar-refractivity contribution in [1.82, 2.24) is 14.8 Å². The second-order valence-electron chi connectivity index (χ2n) is 4.00. The number of hydrogen-bond donors (Lipinski definition) is 1. The molecule has 126 valence electrons. The lowest BCUT2D eigenvalue weighted by Gasteiger charge is -2.12. The van der Waals surface area contributed by atoms with Gasteiger partial charge in [-0.25, -0.2) is 0 Å². The Morgan fingerprint density at radius 1 is 1.04 bits per heavy atom. The van der Waals surface area contributed by atoms with Crippen LogP contribution in [0.3, 0.4) is 0 Å². The van der Waals surface area contributed by atoms with Gasteiger partial charge < -0.3 is 5.73 Å². The van der Waals surface area contributed by atoms with Gasteiger partial charge in [0, 0.05) is 11.8 Å². The summed E-state index contributed by atoms with van der Waals surface area (Å²) in [7, 11) is 0. The first kappa shape index (κ1) is 18.0. The molecular weight excluding hydrogens is 393 g/mol. The lowest BCUT2D eigenvalue weighted by atomic mass is 10.2. The fourth-order valence-electron chi connectivity index (χ4n) is 1.55. The van der Waals surface area contributed by atoms with Crippen molar-refractivity contribution in [2.45, 2.75) is 16.8 Å². The minimum atomic E-state index is -4.70. The summed E-state index contributed by atoms with van der Waals surface area (Å²) in [5, 5.41) is 1.71. The summed E-state index contributed by atoms with van der Waals surface area (Å²) >= 11 is 10.8. The Morgan fingerprint density at radius 3 is 2.00 bits per heavy atom. The summed E-state index contributed by atoms with van der Waals surface area (Å²) < 4.78 is 75.4. The molecule has 2 rings (SSSR count). The third-order valence-electron chi connectivity index (χ3n) is 2.38. The van der Waals surface area contributed by atoms with Gasteiger partial charge in [0.2, 0.25) is 11.1 Å². The van der Waals surface area contributed by atoms with Crippen LogP contribution >= 0.6 is 35.0 Å². The SMILES string of the molecule is Nc1nc(SC(F)(F)F)nn1-c1c(Cl)cc(C(F)(F)F)cc1Cl. The Kier molecular flexibility index (Phi) is 4.66. The standard InChI is InChI=1S/C10H4Cl2F6N4S/c11-4-1-3(9(13,14)15)2-5(12)6(4)22-7(19)20-8(21-22)23-10(16,17)18/h1-2H,(H2,19,20,21). The molecule has 0 saturated heterocycles. The zero-order chi connectivity index (χ0) is 17.6. The smallest absolute Gasteiger partial charge is 0.368 e. The van der Waals surface area contributed by atoms with Crippen molar-refractivity contribution in [3.63, 3.8) is 0 Å². The van der Waals surface area contributed by atoms with Crippen LogP contribution in [0.15, 0.2) is 17.3 Å². The molecule has 1 heterocycles. The lowest BCUT2D eigenvalue weighted by Crippen LogP contribution is -2.08. The van der Waals surface area contributed by atoms with Gasteiger partial charge in [-0.2, -0.15) is 36.0 Å². The van der Waals surface area contributed by atoms with Crippen LogP contribution in [0.2, 0.25) is 10.0 Å². The predicted molar refractivity (Wildman–Crippen MR) is 72.7 cm³/mol. The van der Waals surface area contributed by atoms with Crippen LogP contribution in [-0.4, -0.2) is 20.3 Å². The third-order valence-corrected chi connectivity index (χ3v) is 3.54. The minimum Gasteiger partial charge on any atom is -0.368 e. The Balaban J connectivity index is 2.51. The van der Waals surface area contributed by atoms with Gasteiger partial charge in [0.05, 0.1) is 15.6 Å². The van der Waals surface area contributed by atoms with E-state index in [0.29, 0.717) is 16.8 Å². The quantitative estimate of drug-likeness (QED) is 0.585. The van der Waals surface area contributed by atoms with Crippen LogP contribution in [-0.2, 0) is 6.18 Å². The molecule has 13 heteroatoms. The van der Waals surface area contributed by atoms with Crippen LogP contribution in [0, 0.1) is 0 Å². The monoisotopic (exact) mass is 396 g/mol. The largest absolute Gasteiger partial charge is 0.449 e. The molecule has 0 radical (unpaired) electrons. The van der Waals surface area contributed by atoms with Crippen LogP contribution in [0.5, 0.6) is 0 Å². The number of thioether (sulfide) groups is 1. The molecule has 2 N–H and O–H groups in total. The topological polar surface area (TPSA) is 56.7 Å². The second-order valence-corrected chi connectivity index (χ2v) is 5.85. The Morgan fingerprint density at radius 2 is 1.57 bits per heavy atom. The molecule has 4 nitrogen and oxygen atoms in total. The first-order valence-corrected chi connectivity index (χ1v) is 7.00. The maximum absolute atomic E-state index is 12.6. The van der Waals surface area contributed by atoms with Crippen molar-refractivity contribution in [3.8, 4) is 5.69 Å². The Hall–Kier alpha value is -1.33. The fraction of sp³-hybridized carbons (Fsp3) is 0.200. The van der Waals surface area contributed by atoms with Gasteiger partial charge in [-0.1, -0.05) is 23.2 Å². The van der Waals surface area contributed by atoms with Crippen molar-refractivity contribution in [3.05, 3.63) is 27.7 Å². The van der Waals surface area contributed by atoms with E-state index in [0.717, 1.165) is 0 Å². The number of hydrogen-bond acceptors (Lipinski definition) is 4. The van der Waals surface area contributed by atoms with Crippen molar-refractivity contribution in [2.75, 3.05) is 5.73 Å². The second kappa shape index (κ2) is 5.95. The van der Waals surface area contributed by atoms with Gasteiger partial charge in [-0.3, -0.25) is 0 Å². The number of nitrogen functional groups attached to an aromatic ring is 1. The van der Waals surface area contributed by atoms with E-state index in [9.17, 15) is 26.3 Å². The van der Waals surface area contributed by atoms with E-state index in [1.807, 2.05) is 0 Å². The summed E-state index contributed by atoms with van der Waals surface area (Å²) in [5.74, 6) is -0.514. The number of halogens is 8. The number of aromatic nitrogens is 3. The van der Waals surface area contributed by atoms with Crippen molar-refractivity contribution >= 4 is 40.9 Å². The summed E-state index contributed by atoms with van der Waals surface area (Å²) in [6.07, 6.45) is -4.70. The number of alkyl halides is 6. The van der Waals surface area contributed by atoms with Crippen LogP contribution < -0.4 is 5.73 Å². The highest BCUT2D eigenvalue weighted by Gasteiger charge is 2.34. The zero-order valence-corrected chi connectivity index (χ0v) is 12.8. The minimum absolute atomic E-state index is 0.305. The molecule has 0 saturated carbocycles. The molecule has 0 amide bonds. The van der Waals surface area contributed by atoms with E-state index >= 15 is 0 Å². The maximum atomic E-state index is 12.6. The molecule has 1 aromatic carbocycles. The highest BCUT2D eigenvalue weighted by atomic mass is 35.5. The molecule has 1 aromatic heterocycles. The van der Waals surface area contributed by atoms with Gasteiger partial charge in [0.25, 0.3) is 0 Å². The molecule has 0 spiro atoms. The van der Waals surface area contributed by atoms with E-state index in [2.05, 4.69) is 10.1 Å². The fourth-order valence-corrected chi connectivity index (χ4v) is 2.66. The summed E-state index contributed by atoms with van der Waals surface area (Å²) in [6, 6.07) is 1.11. The molecule has 0 atom stereocenters. The van der Waals surface area contributed by atoms with Crippen molar-refractivity contribution in [1.29, 1.82) is 0 Å². The summed E-state index contributed by atoms with van der Waals surface area (Å²) in [6.45, 7) is 0. The summed E-state index contributed by atoms with van der Waals surface area (Å²) in [4.78, 5) is 3.36. The van der Waals surface area contributed by atoms with E-state index in [4.69, 9.17) is 28.9 Å². The van der Waals surface area contributed by atoms with Crippen LogP contribution in [0.1, 0.15) is 5.56 Å². The zero-order valence-electron chi connectivity index (χ0n) is 10.5. The highest BCUT2D eigenvalue weighted by Crippen LogP contribution is 2.39. The lowest BCUT2D eigenvalue weighted by molar-refractivity contribution is -0.137. The first-order chi connectivity index (χ1) is 10.4. The van der Waals surface area contributed by atoms with E-state index in [1.165, 1.54) is 0 Å². The number of rotatable bonds is 2. The Bertz CT molecular complexity index is 719. The number of anilines is 1. The molecule has 23 heavy (non-hydrogen) atoms. The average Bonchev–Trinajstić information content (AvgIpc) is 2.65. The Labute approximate surface area is 138 Å². The van der Waals surface area contributed by atoms with E-state index in [-0.39, 0.29) is 5.69 Å². The number of nitrogens with two attached hydrogens (primary N) is 1. The predicted octanol–water partition coefficient (Wildman–Crippen LogP) is 4.79. The maximum Gasteiger partial charge on any atom is 0.449 e. The molecule has 2 aromatic rings. The molecular formula is C10H4Cl2F6N4S. The molecule has 0 aliphatic rings. The highest BCUT2D eigenvalue weighted by molar-refractivity contribution is 8.00. The molecule has 0 aliphatic heterocycles. The van der Waals surface area contributed by atoms with Gasteiger partial charge in [-0.05, 0) is 12.1 Å². The van der Waals surface area contributed by atoms with Gasteiger partial charge in [0.1, 0.15) is 5.69 Å². The van der Waals surface area contributed by atoms with Crippen molar-refractivity contribution in [2.24, 2.45) is 0 Å². The molecule has 0 fully saturated rings. The summed E-state index contributed by atoms with van der Waals surface area (Å²) in [5.41, 5.74) is -0.668. The molecule has 0 aliphatic carbocycles. The number of nitrogens with zero attached hydrogens (tertiary/aromatic N) is 3. The normalized spacial score (nSPS) is 12.7. The van der Waals surface area contributed by atoms with Gasteiger partial charge >= 0.3 is 11.7 Å². The van der Waals surface area contributed by atoms with E-state index < -0.39 is 50.2 Å². The average molecular weight is 397 g/mol. The van der Waals surface area contributed by atoms with Crippen LogP contribution in [0.4, 0.5) is 32.3 Å².